The summed E-state index contributed by atoms with van der Waals surface area (Å²) in [6.45, 7) is 5.77. The molecular formula is C32H34N4O2. The maximum absolute atomic E-state index is 10.2. The monoisotopic (exact) mass is 506 g/mol. The largest absolute Gasteiger partial charge is 0.496 e. The molecule has 0 aliphatic heterocycles. The standard InChI is InChI=1S/C32H34N4O2/c1-20-14-22(10-13-25(20)28-18-35-29(19-34-28)32(2,3)37)15-24-17-36-30-26(6-5-7-27(30)31(24)38-4)23-11-8-21(16-33)9-12-23/h5-9,11-12,17-20,22,25,37H,10,13-15H2,1-4H3. The van der Waals surface area contributed by atoms with E-state index in [4.69, 9.17) is 15.0 Å². The van der Waals surface area contributed by atoms with Crippen LogP contribution in [-0.2, 0) is 12.0 Å². The van der Waals surface area contributed by atoms with Crippen molar-refractivity contribution in [3.05, 3.63) is 83.6 Å². The summed E-state index contributed by atoms with van der Waals surface area (Å²) >= 11 is 0. The Kier molecular flexibility index (Phi) is 7.14. The molecule has 0 radical (unpaired) electrons. The molecule has 0 saturated heterocycles. The van der Waals surface area contributed by atoms with Gasteiger partial charge in [-0.3, -0.25) is 15.0 Å². The first-order valence-corrected chi connectivity index (χ1v) is 13.3. The smallest absolute Gasteiger partial charge is 0.133 e. The van der Waals surface area contributed by atoms with Crippen molar-refractivity contribution in [1.82, 2.24) is 15.0 Å². The van der Waals surface area contributed by atoms with E-state index in [0.717, 1.165) is 64.7 Å². The molecule has 6 heteroatoms. The lowest BCUT2D eigenvalue weighted by Gasteiger charge is -2.34. The van der Waals surface area contributed by atoms with Gasteiger partial charge in [0.2, 0.25) is 0 Å². The molecule has 0 spiro atoms. The van der Waals surface area contributed by atoms with E-state index in [1.54, 1.807) is 27.2 Å². The van der Waals surface area contributed by atoms with Crippen LogP contribution in [0.3, 0.4) is 0 Å². The number of benzene rings is 2. The second-order valence-corrected chi connectivity index (χ2v) is 11.1. The summed E-state index contributed by atoms with van der Waals surface area (Å²) in [7, 11) is 1.74. The third kappa shape index (κ3) is 5.12. The molecule has 3 unspecified atom stereocenters. The van der Waals surface area contributed by atoms with Gasteiger partial charge in [-0.15, -0.1) is 0 Å². The van der Waals surface area contributed by atoms with Gasteiger partial charge in [0.1, 0.15) is 11.4 Å². The van der Waals surface area contributed by atoms with Crippen molar-refractivity contribution in [2.45, 2.75) is 58.0 Å². The van der Waals surface area contributed by atoms with Gasteiger partial charge in [0, 0.05) is 34.8 Å². The molecule has 1 fully saturated rings. The number of hydrogen-bond acceptors (Lipinski definition) is 6. The van der Waals surface area contributed by atoms with Crippen LogP contribution in [-0.4, -0.2) is 27.2 Å². The number of nitrogens with zero attached hydrogens (tertiary/aromatic N) is 4. The van der Waals surface area contributed by atoms with E-state index in [1.165, 1.54) is 0 Å². The van der Waals surface area contributed by atoms with Crippen molar-refractivity contribution in [3.8, 4) is 22.9 Å². The van der Waals surface area contributed by atoms with Gasteiger partial charge < -0.3 is 9.84 Å². The Hall–Kier alpha value is -3.82. The zero-order valence-electron chi connectivity index (χ0n) is 22.5. The predicted octanol–water partition coefficient (Wildman–Crippen LogP) is 6.56. The minimum atomic E-state index is -0.982. The lowest BCUT2D eigenvalue weighted by Crippen LogP contribution is -2.24. The summed E-state index contributed by atoms with van der Waals surface area (Å²) in [4.78, 5) is 14.0. The highest BCUT2D eigenvalue weighted by Gasteiger charge is 2.31. The average Bonchev–Trinajstić information content (AvgIpc) is 2.92. The Morgan fingerprint density at radius 2 is 1.82 bits per heavy atom. The van der Waals surface area contributed by atoms with Gasteiger partial charge in [0.05, 0.1) is 41.8 Å². The van der Waals surface area contributed by atoms with Gasteiger partial charge in [-0.1, -0.05) is 31.2 Å². The molecule has 2 aromatic carbocycles. The first-order valence-electron chi connectivity index (χ1n) is 13.3. The van der Waals surface area contributed by atoms with E-state index >= 15 is 0 Å². The fourth-order valence-corrected chi connectivity index (χ4v) is 5.87. The van der Waals surface area contributed by atoms with Crippen LogP contribution in [0.4, 0.5) is 0 Å². The number of methoxy groups -OCH3 is 1. The van der Waals surface area contributed by atoms with Crippen LogP contribution in [0.2, 0.25) is 0 Å². The van der Waals surface area contributed by atoms with Crippen LogP contribution >= 0.6 is 0 Å². The van der Waals surface area contributed by atoms with Crippen molar-refractivity contribution >= 4 is 10.9 Å². The molecule has 2 heterocycles. The van der Waals surface area contributed by atoms with E-state index in [1.807, 2.05) is 42.7 Å². The molecule has 2 aromatic heterocycles. The third-order valence-electron chi connectivity index (χ3n) is 7.92. The van der Waals surface area contributed by atoms with Crippen LogP contribution in [0.25, 0.3) is 22.0 Å². The van der Waals surface area contributed by atoms with E-state index in [-0.39, 0.29) is 0 Å². The summed E-state index contributed by atoms with van der Waals surface area (Å²) < 4.78 is 5.96. The van der Waals surface area contributed by atoms with Gasteiger partial charge >= 0.3 is 0 Å². The van der Waals surface area contributed by atoms with Crippen molar-refractivity contribution in [3.63, 3.8) is 0 Å². The van der Waals surface area contributed by atoms with Crippen LogP contribution < -0.4 is 4.74 Å². The Bertz CT molecular complexity index is 1470. The second kappa shape index (κ2) is 10.5. The van der Waals surface area contributed by atoms with Crippen LogP contribution in [0, 0.1) is 23.2 Å². The zero-order chi connectivity index (χ0) is 26.9. The van der Waals surface area contributed by atoms with Crippen LogP contribution in [0.1, 0.15) is 68.5 Å². The number of para-hydroxylation sites is 1. The molecule has 38 heavy (non-hydrogen) atoms. The summed E-state index contributed by atoms with van der Waals surface area (Å²) in [5.74, 6) is 2.30. The highest BCUT2D eigenvalue weighted by Crippen LogP contribution is 2.42. The number of rotatable bonds is 6. The maximum Gasteiger partial charge on any atom is 0.133 e. The summed E-state index contributed by atoms with van der Waals surface area (Å²) in [6, 6.07) is 16.0. The second-order valence-electron chi connectivity index (χ2n) is 11.1. The summed E-state index contributed by atoms with van der Waals surface area (Å²) in [6.07, 6.45) is 9.74. The van der Waals surface area contributed by atoms with Crippen molar-refractivity contribution < 1.29 is 9.84 Å². The first kappa shape index (κ1) is 25.8. The quantitative estimate of drug-likeness (QED) is 0.318. The van der Waals surface area contributed by atoms with E-state index in [0.29, 0.717) is 29.0 Å². The zero-order valence-corrected chi connectivity index (χ0v) is 22.5. The molecule has 1 aliphatic carbocycles. The molecule has 5 rings (SSSR count). The topological polar surface area (TPSA) is 91.9 Å². The molecule has 6 nitrogen and oxygen atoms in total. The first-order chi connectivity index (χ1) is 18.3. The summed E-state index contributed by atoms with van der Waals surface area (Å²) in [5.41, 5.74) is 5.38. The number of aliphatic hydroxyl groups is 1. The Labute approximate surface area is 224 Å². The van der Waals surface area contributed by atoms with Gasteiger partial charge in [0.25, 0.3) is 0 Å². The fourth-order valence-electron chi connectivity index (χ4n) is 5.87. The number of nitriles is 1. The maximum atomic E-state index is 10.2. The SMILES string of the molecule is COc1c(CC2CCC(c3cnc(C(C)(C)O)cn3)C(C)C2)cnc2c(-c3ccc(C#N)cc3)cccc12. The third-order valence-corrected chi connectivity index (χ3v) is 7.92. The Morgan fingerprint density at radius 3 is 2.45 bits per heavy atom. The number of aromatic nitrogens is 3. The van der Waals surface area contributed by atoms with E-state index < -0.39 is 5.60 Å². The molecule has 1 N–H and O–H groups in total. The lowest BCUT2D eigenvalue weighted by atomic mass is 9.72. The molecule has 0 bridgehead atoms. The molecule has 1 aliphatic rings. The Morgan fingerprint density at radius 1 is 1.03 bits per heavy atom. The van der Waals surface area contributed by atoms with Gasteiger partial charge in [-0.2, -0.15) is 5.26 Å². The Balaban J connectivity index is 1.35. The van der Waals surface area contributed by atoms with Gasteiger partial charge in [0.15, 0.2) is 0 Å². The molecule has 1 saturated carbocycles. The molecule has 0 amide bonds. The molecular weight excluding hydrogens is 472 g/mol. The minimum absolute atomic E-state index is 0.376. The number of ether oxygens (including phenoxy) is 1. The number of pyridine rings is 1. The van der Waals surface area contributed by atoms with Gasteiger partial charge in [-0.05, 0) is 75.1 Å². The van der Waals surface area contributed by atoms with E-state index in [2.05, 4.69) is 35.1 Å². The number of fused-ring (bicyclic) bond motifs is 1. The average molecular weight is 507 g/mol. The van der Waals surface area contributed by atoms with Crippen LogP contribution in [0.15, 0.2) is 61.1 Å². The lowest BCUT2D eigenvalue weighted by molar-refractivity contribution is 0.0733. The van der Waals surface area contributed by atoms with Crippen molar-refractivity contribution in [1.29, 1.82) is 5.26 Å². The highest BCUT2D eigenvalue weighted by atomic mass is 16.5. The van der Waals surface area contributed by atoms with Gasteiger partial charge in [-0.25, -0.2) is 0 Å². The summed E-state index contributed by atoms with van der Waals surface area (Å²) in [5, 5.41) is 20.3. The molecule has 194 valence electrons. The fraction of sp³-hybridized carbons (Fsp3) is 0.375. The molecule has 4 aromatic rings. The normalized spacial score (nSPS) is 19.7. The van der Waals surface area contributed by atoms with Crippen molar-refractivity contribution in [2.75, 3.05) is 7.11 Å². The minimum Gasteiger partial charge on any atom is -0.496 e. The predicted molar refractivity (Wildman–Crippen MR) is 149 cm³/mol. The van der Waals surface area contributed by atoms with Crippen LogP contribution in [0.5, 0.6) is 5.75 Å². The molecule has 3 atom stereocenters. The number of hydrogen-bond donors (Lipinski definition) is 1. The highest BCUT2D eigenvalue weighted by molar-refractivity contribution is 5.97. The van der Waals surface area contributed by atoms with Crippen molar-refractivity contribution in [2.24, 2.45) is 11.8 Å². The van der Waals surface area contributed by atoms with E-state index in [9.17, 15) is 5.11 Å².